The van der Waals surface area contributed by atoms with E-state index in [4.69, 9.17) is 4.74 Å². The Kier molecular flexibility index (Phi) is 3.02. The van der Waals surface area contributed by atoms with E-state index in [1.54, 1.807) is 6.33 Å². The normalized spacial score (nSPS) is 17.1. The zero-order valence-corrected chi connectivity index (χ0v) is 12.6. The molecule has 2 aromatic heterocycles. The average molecular weight is 277 g/mol. The van der Waals surface area contributed by atoms with Crippen molar-refractivity contribution in [3.05, 3.63) is 12.7 Å². The molecule has 1 fully saturated rings. The number of rotatable bonds is 2. The van der Waals surface area contributed by atoms with Gasteiger partial charge in [0.05, 0.1) is 19.5 Å². The van der Waals surface area contributed by atoms with Gasteiger partial charge in [-0.3, -0.25) is 0 Å². The number of aromatic nitrogens is 4. The van der Waals surface area contributed by atoms with Crippen LogP contribution < -0.4 is 4.90 Å². The van der Waals surface area contributed by atoms with Crippen LogP contribution in [0.15, 0.2) is 12.7 Å². The number of ether oxygens (including phenoxy) is 1. The van der Waals surface area contributed by atoms with Crippen LogP contribution in [-0.4, -0.2) is 53.7 Å². The molecule has 0 bridgehead atoms. The van der Waals surface area contributed by atoms with Crippen molar-refractivity contribution in [2.45, 2.75) is 19.6 Å². The molecule has 0 saturated carbocycles. The summed E-state index contributed by atoms with van der Waals surface area (Å²) in [5.41, 5.74) is 1.86. The van der Waals surface area contributed by atoms with E-state index >= 15 is 0 Å². The smallest absolute Gasteiger partial charge is 0.160 e. The lowest BCUT2D eigenvalue weighted by Crippen LogP contribution is -2.37. The van der Waals surface area contributed by atoms with Crippen LogP contribution in [0.5, 0.6) is 0 Å². The molecule has 3 heterocycles. The van der Waals surface area contributed by atoms with Gasteiger partial charge in [-0.2, -0.15) is 0 Å². The van der Waals surface area contributed by atoms with Gasteiger partial charge in [-0.05, 0) is 0 Å². The van der Waals surface area contributed by atoms with Gasteiger partial charge in [-0.15, -0.1) is 0 Å². The van der Waals surface area contributed by atoms with Gasteiger partial charge in [-0.25, -0.2) is 15.0 Å². The van der Waals surface area contributed by atoms with Gasteiger partial charge in [0.2, 0.25) is 0 Å². The Bertz CT molecular complexity index is 585. The lowest BCUT2D eigenvalue weighted by Gasteiger charge is -2.27. The first-order valence-electron chi connectivity index (χ1n) is 6.58. The highest BCUT2D eigenvalue weighted by Gasteiger charge is 2.23. The molecule has 1 aliphatic rings. The summed E-state index contributed by atoms with van der Waals surface area (Å²) in [6.07, 6.45) is 3.56. The molecule has 7 heteroatoms. The number of hydrogen-bond acceptors (Lipinski definition) is 5. The highest BCUT2D eigenvalue weighted by atomic mass is 28.3. The van der Waals surface area contributed by atoms with Gasteiger partial charge >= 0.3 is 0 Å². The molecule has 0 aromatic carbocycles. The third-order valence-electron chi connectivity index (χ3n) is 3.35. The third kappa shape index (κ3) is 2.23. The second-order valence-corrected chi connectivity index (χ2v) is 10.6. The molecular formula is C12H19N5OSi. The minimum Gasteiger partial charge on any atom is -0.378 e. The van der Waals surface area contributed by atoms with Crippen molar-refractivity contribution in [2.75, 3.05) is 31.2 Å². The van der Waals surface area contributed by atoms with Crippen LogP contribution >= 0.6 is 0 Å². The number of anilines is 1. The highest BCUT2D eigenvalue weighted by Crippen LogP contribution is 2.24. The molecule has 0 aliphatic carbocycles. The number of imidazole rings is 1. The fourth-order valence-electron chi connectivity index (χ4n) is 2.32. The quantitative estimate of drug-likeness (QED) is 0.776. The molecule has 0 amide bonds. The van der Waals surface area contributed by atoms with Gasteiger partial charge in [0.25, 0.3) is 0 Å². The molecule has 0 spiro atoms. The Morgan fingerprint density at radius 3 is 2.53 bits per heavy atom. The Balaban J connectivity index is 2.09. The molecule has 0 radical (unpaired) electrons. The van der Waals surface area contributed by atoms with Crippen molar-refractivity contribution >= 4 is 25.2 Å². The molecule has 0 unspecified atom stereocenters. The molecule has 1 saturated heterocycles. The van der Waals surface area contributed by atoms with Crippen LogP contribution in [0, 0.1) is 0 Å². The number of morpholine rings is 1. The Morgan fingerprint density at radius 2 is 1.84 bits per heavy atom. The first-order chi connectivity index (χ1) is 9.07. The van der Waals surface area contributed by atoms with E-state index in [2.05, 4.69) is 43.7 Å². The van der Waals surface area contributed by atoms with Gasteiger partial charge < -0.3 is 13.9 Å². The summed E-state index contributed by atoms with van der Waals surface area (Å²) in [7, 11) is -1.50. The maximum absolute atomic E-state index is 5.39. The van der Waals surface area contributed by atoms with Crippen molar-refractivity contribution in [2.24, 2.45) is 0 Å². The zero-order chi connectivity index (χ0) is 13.5. The molecule has 0 N–H and O–H groups in total. The summed E-state index contributed by atoms with van der Waals surface area (Å²) < 4.78 is 7.62. The zero-order valence-electron chi connectivity index (χ0n) is 11.6. The Hall–Kier alpha value is -1.47. The van der Waals surface area contributed by atoms with Gasteiger partial charge in [-0.1, -0.05) is 19.6 Å². The van der Waals surface area contributed by atoms with Crippen molar-refractivity contribution in [3.63, 3.8) is 0 Å². The lowest BCUT2D eigenvalue weighted by molar-refractivity contribution is 0.122. The second-order valence-electron chi connectivity index (χ2n) is 5.75. The lowest BCUT2D eigenvalue weighted by atomic mass is 10.4. The van der Waals surface area contributed by atoms with Crippen LogP contribution in [0.2, 0.25) is 19.6 Å². The fourth-order valence-corrected chi connectivity index (χ4v) is 3.52. The number of nitrogens with zero attached hydrogens (tertiary/aromatic N) is 5. The minimum absolute atomic E-state index is 0.750. The van der Waals surface area contributed by atoms with Crippen LogP contribution in [0.1, 0.15) is 0 Å². The first-order valence-corrected chi connectivity index (χ1v) is 10.0. The molecular weight excluding hydrogens is 258 g/mol. The Morgan fingerprint density at radius 1 is 1.11 bits per heavy atom. The van der Waals surface area contributed by atoms with Crippen molar-refractivity contribution < 1.29 is 4.74 Å². The van der Waals surface area contributed by atoms with Gasteiger partial charge in [0.15, 0.2) is 19.7 Å². The summed E-state index contributed by atoms with van der Waals surface area (Å²) in [4.78, 5) is 15.6. The van der Waals surface area contributed by atoms with E-state index in [-0.39, 0.29) is 0 Å². The third-order valence-corrected chi connectivity index (χ3v) is 5.12. The summed E-state index contributed by atoms with van der Waals surface area (Å²) in [5, 5.41) is 0. The second kappa shape index (κ2) is 4.57. The monoisotopic (exact) mass is 277 g/mol. The molecule has 1 aliphatic heterocycles. The summed E-state index contributed by atoms with van der Waals surface area (Å²) in [5.74, 6) is 0.935. The predicted octanol–water partition coefficient (Wildman–Crippen LogP) is 1.35. The van der Waals surface area contributed by atoms with Crippen LogP contribution in [0.4, 0.5) is 5.82 Å². The minimum atomic E-state index is -1.50. The van der Waals surface area contributed by atoms with Crippen LogP contribution in [0.3, 0.4) is 0 Å². The van der Waals surface area contributed by atoms with E-state index < -0.39 is 8.24 Å². The van der Waals surface area contributed by atoms with E-state index in [1.165, 1.54) is 0 Å². The molecule has 3 rings (SSSR count). The van der Waals surface area contributed by atoms with Gasteiger partial charge in [0.1, 0.15) is 11.8 Å². The van der Waals surface area contributed by atoms with E-state index in [1.807, 2.05) is 6.33 Å². The van der Waals surface area contributed by atoms with Crippen molar-refractivity contribution in [1.82, 2.24) is 19.2 Å². The predicted molar refractivity (Wildman–Crippen MR) is 77.1 cm³/mol. The highest BCUT2D eigenvalue weighted by molar-refractivity contribution is 6.75. The summed E-state index contributed by atoms with van der Waals surface area (Å²) in [6.45, 7) is 10.1. The number of hydrogen-bond donors (Lipinski definition) is 0. The van der Waals surface area contributed by atoms with Crippen molar-refractivity contribution in [1.29, 1.82) is 0 Å². The molecule has 19 heavy (non-hydrogen) atoms. The molecule has 0 atom stereocenters. The standard InChI is InChI=1S/C12H19N5OSi/c1-19(2,3)17-9-15-10-11(13-8-14-12(10)17)16-4-6-18-7-5-16/h8-9H,4-7H2,1-3H3. The number of fused-ring (bicyclic) bond motifs is 1. The topological polar surface area (TPSA) is 56.1 Å². The maximum Gasteiger partial charge on any atom is 0.160 e. The average Bonchev–Trinajstić information content (AvgIpc) is 2.83. The van der Waals surface area contributed by atoms with Crippen LogP contribution in [-0.2, 0) is 4.74 Å². The summed E-state index contributed by atoms with van der Waals surface area (Å²) >= 11 is 0. The van der Waals surface area contributed by atoms with Crippen LogP contribution in [0.25, 0.3) is 11.2 Å². The molecule has 2 aromatic rings. The van der Waals surface area contributed by atoms with E-state index in [0.717, 1.165) is 43.3 Å². The molecule has 102 valence electrons. The van der Waals surface area contributed by atoms with Crippen molar-refractivity contribution in [3.8, 4) is 0 Å². The Labute approximate surface area is 113 Å². The summed E-state index contributed by atoms with van der Waals surface area (Å²) in [6, 6.07) is 0. The first kappa shape index (κ1) is 12.6. The SMILES string of the molecule is C[Si](C)(C)n1cnc2c(N3CCOCC3)ncnc21. The van der Waals surface area contributed by atoms with Gasteiger partial charge in [0, 0.05) is 13.1 Å². The molecule has 6 nitrogen and oxygen atoms in total. The maximum atomic E-state index is 5.39. The fraction of sp³-hybridized carbons (Fsp3) is 0.583. The largest absolute Gasteiger partial charge is 0.378 e. The van der Waals surface area contributed by atoms with E-state index in [0.29, 0.717) is 0 Å². The van der Waals surface area contributed by atoms with E-state index in [9.17, 15) is 0 Å².